The van der Waals surface area contributed by atoms with E-state index in [1.165, 1.54) is 180 Å². The molecular weight excluding hydrogens is 787 g/mol. The molecule has 2 heterocycles. The summed E-state index contributed by atoms with van der Waals surface area (Å²) in [6.07, 6.45) is 12.7. The van der Waals surface area contributed by atoms with Crippen molar-refractivity contribution in [3.05, 3.63) is 159 Å². The van der Waals surface area contributed by atoms with Crippen LogP contribution in [0.4, 0.5) is 0 Å². The van der Waals surface area contributed by atoms with Gasteiger partial charge in [-0.2, -0.15) is 10.5 Å². The Morgan fingerprint density at radius 2 is 1.05 bits per heavy atom. The zero-order valence-electron chi connectivity index (χ0n) is 36.3. The van der Waals surface area contributed by atoms with Crippen LogP contribution in [-0.2, 0) is 5.41 Å². The zero-order valence-corrected chi connectivity index (χ0v) is 36.3. The first-order chi connectivity index (χ1) is 32.1. The SMILES string of the molecule is N#Cc1cc2c(c3c1C1CC4CC5CC3CC45C1)c1cc3c(c4c5c6c(c(C#N)cc5n2c14)C1CC2CC(C1)CC6C2)C1(c2ccccc2-c2ccccc21)c1cccc2cccc-3c12. The number of nitrogens with zero attached hydrogens (tertiary/aromatic N) is 3. The minimum atomic E-state index is -0.571. The minimum Gasteiger partial charge on any atom is -0.308 e. The molecule has 0 N–H and O–H groups in total. The lowest BCUT2D eigenvalue weighted by Crippen LogP contribution is -2.41. The number of hydrogen-bond donors (Lipinski definition) is 0. The van der Waals surface area contributed by atoms with Gasteiger partial charge in [0, 0.05) is 21.5 Å². The topological polar surface area (TPSA) is 52.0 Å². The highest BCUT2D eigenvalue weighted by atomic mass is 14.9. The Kier molecular flexibility index (Phi) is 5.65. The van der Waals surface area contributed by atoms with Gasteiger partial charge in [0.05, 0.1) is 45.2 Å². The second-order valence-corrected chi connectivity index (χ2v) is 22.9. The molecule has 3 nitrogen and oxygen atoms in total. The molecule has 5 fully saturated rings. The standard InChI is InChI=1S/C62H45N3/c63-28-37-23-50-57(54-34-18-30-15-31(19-34)17-33(16-30)51(37)54)58-59-44(43-11-5-7-32-8-6-14-48(53(32)43)62(59)46-12-3-1-9-41(46)42-10-2-4-13-47(42)62)25-45-56-49(65(50)60(45)58)22-38(29-64)52-35-20-39-24-40-21-36(55(52)56)27-61(39,40)26-35/h1-14,22-23,25,30-31,33-36,39-40H,15-21,24,26-27H2. The third kappa shape index (κ3) is 3.50. The predicted molar refractivity (Wildman–Crippen MR) is 258 cm³/mol. The lowest BCUT2D eigenvalue weighted by Gasteiger charge is -2.48. The summed E-state index contributed by atoms with van der Waals surface area (Å²) in [5.41, 5.74) is 22.2. The Labute approximate surface area is 377 Å². The minimum absolute atomic E-state index is 0.432. The fraction of sp³-hybridized carbons (Fsp3) is 0.323. The van der Waals surface area contributed by atoms with E-state index < -0.39 is 5.41 Å². The van der Waals surface area contributed by atoms with Crippen molar-refractivity contribution in [2.75, 3.05) is 0 Å². The fourth-order valence-corrected chi connectivity index (χ4v) is 19.3. The molecule has 7 aromatic carbocycles. The van der Waals surface area contributed by atoms with Crippen LogP contribution in [0.5, 0.6) is 0 Å². The van der Waals surface area contributed by atoms with Gasteiger partial charge in [-0.3, -0.25) is 0 Å². The third-order valence-corrected chi connectivity index (χ3v) is 20.8. The first-order valence-electron chi connectivity index (χ1n) is 25.0. The average molecular weight is 832 g/mol. The van der Waals surface area contributed by atoms with E-state index in [4.69, 9.17) is 0 Å². The van der Waals surface area contributed by atoms with Gasteiger partial charge in [-0.15, -0.1) is 0 Å². The molecule has 0 saturated heterocycles. The smallest absolute Gasteiger partial charge is 0.0995 e. The lowest BCUT2D eigenvalue weighted by atomic mass is 9.56. The predicted octanol–water partition coefficient (Wildman–Crippen LogP) is 14.9. The maximum atomic E-state index is 11.4. The van der Waals surface area contributed by atoms with Crippen LogP contribution >= 0.6 is 0 Å². The van der Waals surface area contributed by atoms with Crippen molar-refractivity contribution in [1.29, 1.82) is 10.5 Å². The maximum Gasteiger partial charge on any atom is 0.0995 e. The Morgan fingerprint density at radius 1 is 0.477 bits per heavy atom. The van der Waals surface area contributed by atoms with Crippen molar-refractivity contribution in [2.45, 2.75) is 93.3 Å². The van der Waals surface area contributed by atoms with Crippen LogP contribution in [0.2, 0.25) is 0 Å². The Bertz CT molecular complexity index is 3840. The van der Waals surface area contributed by atoms with Crippen LogP contribution < -0.4 is 0 Å². The van der Waals surface area contributed by atoms with Crippen molar-refractivity contribution in [1.82, 2.24) is 4.40 Å². The first kappa shape index (κ1) is 34.0. The molecule has 7 unspecified atom stereocenters. The number of benzene rings is 7. The maximum absolute atomic E-state index is 11.4. The zero-order chi connectivity index (χ0) is 42.0. The normalized spacial score (nSPS) is 30.3. The van der Waals surface area contributed by atoms with E-state index in [9.17, 15) is 10.5 Å². The van der Waals surface area contributed by atoms with Crippen molar-refractivity contribution in [2.24, 2.45) is 29.1 Å². The monoisotopic (exact) mass is 831 g/mol. The van der Waals surface area contributed by atoms with Gasteiger partial charge in [-0.05, 0) is 213 Å². The van der Waals surface area contributed by atoms with E-state index in [0.29, 0.717) is 29.1 Å². The van der Waals surface area contributed by atoms with E-state index in [0.717, 1.165) is 34.8 Å². The highest BCUT2D eigenvalue weighted by Gasteiger charge is 2.66. The third-order valence-electron chi connectivity index (χ3n) is 20.8. The van der Waals surface area contributed by atoms with Gasteiger partial charge < -0.3 is 4.40 Å². The molecule has 0 radical (unpaired) electrons. The molecule has 7 bridgehead atoms. The first-order valence-corrected chi connectivity index (χ1v) is 25.0. The van der Waals surface area contributed by atoms with Gasteiger partial charge in [-0.1, -0.05) is 84.9 Å². The van der Waals surface area contributed by atoms with Crippen LogP contribution in [0, 0.1) is 51.7 Å². The van der Waals surface area contributed by atoms with Crippen LogP contribution in [0.25, 0.3) is 71.1 Å². The molecule has 5 saturated carbocycles. The van der Waals surface area contributed by atoms with E-state index >= 15 is 0 Å². The molecule has 10 aliphatic carbocycles. The molecule has 2 aromatic heterocycles. The van der Waals surface area contributed by atoms with Crippen molar-refractivity contribution in [3.8, 4) is 34.4 Å². The van der Waals surface area contributed by atoms with E-state index in [1.807, 2.05) is 0 Å². The Balaban J connectivity index is 1.13. The van der Waals surface area contributed by atoms with E-state index in [-0.39, 0.29) is 0 Å². The van der Waals surface area contributed by atoms with E-state index in [1.54, 1.807) is 0 Å². The Hall–Kier alpha value is -6.42. The van der Waals surface area contributed by atoms with Crippen LogP contribution in [0.15, 0.2) is 103 Å². The summed E-state index contributed by atoms with van der Waals surface area (Å²) in [4.78, 5) is 0. The number of hydrogen-bond acceptors (Lipinski definition) is 2. The van der Waals surface area contributed by atoms with Crippen LogP contribution in [0.3, 0.4) is 0 Å². The second kappa shape index (κ2) is 10.8. The van der Waals surface area contributed by atoms with Gasteiger partial charge in [-0.25, -0.2) is 0 Å². The molecule has 10 aliphatic rings. The number of rotatable bonds is 0. The largest absolute Gasteiger partial charge is 0.308 e. The van der Waals surface area contributed by atoms with Gasteiger partial charge >= 0.3 is 0 Å². The summed E-state index contributed by atoms with van der Waals surface area (Å²) < 4.78 is 2.64. The van der Waals surface area contributed by atoms with Gasteiger partial charge in [0.1, 0.15) is 0 Å². The molecule has 308 valence electrons. The number of nitriles is 2. The molecule has 0 aliphatic heterocycles. The highest BCUT2D eigenvalue weighted by Crippen LogP contribution is 2.77. The van der Waals surface area contributed by atoms with Crippen molar-refractivity contribution < 1.29 is 0 Å². The lowest BCUT2D eigenvalue weighted by molar-refractivity contribution is 0.00322. The van der Waals surface area contributed by atoms with Crippen LogP contribution in [0.1, 0.15) is 144 Å². The van der Waals surface area contributed by atoms with Gasteiger partial charge in [0.15, 0.2) is 0 Å². The number of aromatic nitrogens is 1. The average Bonchev–Trinajstić information content (AvgIpc) is 4.05. The molecule has 19 rings (SSSR count). The molecule has 0 amide bonds. The molecule has 9 aromatic rings. The summed E-state index contributed by atoms with van der Waals surface area (Å²) in [6.45, 7) is 0. The van der Waals surface area contributed by atoms with Crippen LogP contribution in [-0.4, -0.2) is 4.40 Å². The summed E-state index contributed by atoms with van der Waals surface area (Å²) >= 11 is 0. The highest BCUT2D eigenvalue weighted by molar-refractivity contribution is 6.29. The molecule has 7 atom stereocenters. The van der Waals surface area contributed by atoms with Gasteiger partial charge in [0.2, 0.25) is 0 Å². The van der Waals surface area contributed by atoms with Crippen molar-refractivity contribution >= 4 is 48.9 Å². The molecular formula is C62H45N3. The second-order valence-electron chi connectivity index (χ2n) is 22.9. The summed E-state index contributed by atoms with van der Waals surface area (Å²) in [5.74, 6) is 4.94. The summed E-state index contributed by atoms with van der Waals surface area (Å²) in [6, 6.07) is 46.0. The molecule has 2 spiro atoms. The van der Waals surface area contributed by atoms with Gasteiger partial charge in [0.25, 0.3) is 0 Å². The number of fused-ring (bicyclic) bond motifs is 22. The quantitative estimate of drug-likeness (QED) is 0.153. The summed E-state index contributed by atoms with van der Waals surface area (Å²) in [5, 5.41) is 31.0. The fourth-order valence-electron chi connectivity index (χ4n) is 19.3. The molecule has 3 heteroatoms. The molecule has 65 heavy (non-hydrogen) atoms. The Morgan fingerprint density at radius 3 is 1.74 bits per heavy atom. The van der Waals surface area contributed by atoms with Crippen molar-refractivity contribution in [3.63, 3.8) is 0 Å². The van der Waals surface area contributed by atoms with E-state index in [2.05, 4.69) is 120 Å². The summed E-state index contributed by atoms with van der Waals surface area (Å²) in [7, 11) is 0.